The van der Waals surface area contributed by atoms with Gasteiger partial charge in [-0.25, -0.2) is 4.68 Å². The van der Waals surface area contributed by atoms with Crippen LogP contribution in [0.4, 0.5) is 5.95 Å². The van der Waals surface area contributed by atoms with Gasteiger partial charge in [-0.05, 0) is 42.7 Å². The standard InChI is InChI=1S/C24H28N4O4/c1-15-7-9-16(10-8-15)18-14-19(28-24(25-18)26-22(27-28)6-5-11-29)17-12-20(30-2)23(32-4)21(13-17)31-3/h7-10,12-14,19,29H,5-6,11H2,1-4H3,(H,25,26,27). The van der Waals surface area contributed by atoms with Crippen LogP contribution in [0, 0.1) is 6.92 Å². The Bertz CT molecular complexity index is 1100. The van der Waals surface area contributed by atoms with Crippen LogP contribution in [0.5, 0.6) is 17.2 Å². The van der Waals surface area contributed by atoms with Crippen molar-refractivity contribution in [1.82, 2.24) is 14.8 Å². The van der Waals surface area contributed by atoms with Crippen LogP contribution in [0.15, 0.2) is 42.5 Å². The van der Waals surface area contributed by atoms with Crippen molar-refractivity contribution in [2.24, 2.45) is 0 Å². The number of aryl methyl sites for hydroxylation is 2. The Hall–Kier alpha value is -3.52. The van der Waals surface area contributed by atoms with E-state index in [-0.39, 0.29) is 12.6 Å². The van der Waals surface area contributed by atoms with Gasteiger partial charge in [0.2, 0.25) is 11.7 Å². The van der Waals surface area contributed by atoms with E-state index in [0.717, 1.165) is 16.8 Å². The summed E-state index contributed by atoms with van der Waals surface area (Å²) >= 11 is 0. The van der Waals surface area contributed by atoms with Crippen molar-refractivity contribution in [2.75, 3.05) is 33.3 Å². The predicted octanol–water partition coefficient (Wildman–Crippen LogP) is 3.59. The Kier molecular flexibility index (Phi) is 6.32. The van der Waals surface area contributed by atoms with Crippen LogP contribution in [0.25, 0.3) is 5.70 Å². The van der Waals surface area contributed by atoms with Gasteiger partial charge < -0.3 is 24.6 Å². The number of anilines is 1. The molecule has 0 amide bonds. The number of nitrogens with zero attached hydrogens (tertiary/aromatic N) is 3. The average molecular weight is 437 g/mol. The molecule has 4 rings (SSSR count). The van der Waals surface area contributed by atoms with E-state index in [0.29, 0.717) is 41.9 Å². The zero-order valence-electron chi connectivity index (χ0n) is 18.8. The summed E-state index contributed by atoms with van der Waals surface area (Å²) in [4.78, 5) is 4.68. The first-order valence-corrected chi connectivity index (χ1v) is 10.5. The Balaban J connectivity index is 1.84. The van der Waals surface area contributed by atoms with E-state index in [9.17, 15) is 5.11 Å². The molecular formula is C24H28N4O4. The van der Waals surface area contributed by atoms with Crippen molar-refractivity contribution in [3.05, 3.63) is 65.0 Å². The molecule has 0 saturated carbocycles. The summed E-state index contributed by atoms with van der Waals surface area (Å²) < 4.78 is 18.5. The number of aliphatic hydroxyl groups excluding tert-OH is 1. The van der Waals surface area contributed by atoms with Crippen molar-refractivity contribution in [1.29, 1.82) is 0 Å². The van der Waals surface area contributed by atoms with Gasteiger partial charge >= 0.3 is 0 Å². The van der Waals surface area contributed by atoms with E-state index in [4.69, 9.17) is 19.3 Å². The zero-order chi connectivity index (χ0) is 22.7. The average Bonchev–Trinajstić information content (AvgIpc) is 3.24. The van der Waals surface area contributed by atoms with Gasteiger partial charge in [0.05, 0.1) is 21.3 Å². The Labute approximate surface area is 187 Å². The molecule has 1 aromatic heterocycles. The van der Waals surface area contributed by atoms with Crippen molar-refractivity contribution >= 4 is 11.6 Å². The monoisotopic (exact) mass is 436 g/mol. The summed E-state index contributed by atoms with van der Waals surface area (Å²) in [5.41, 5.74) is 4.11. The third-order valence-corrected chi connectivity index (χ3v) is 5.46. The van der Waals surface area contributed by atoms with Crippen LogP contribution in [-0.4, -0.2) is 47.8 Å². The number of aromatic nitrogens is 3. The van der Waals surface area contributed by atoms with Gasteiger partial charge in [0.25, 0.3) is 0 Å². The largest absolute Gasteiger partial charge is 0.493 e. The maximum atomic E-state index is 9.21. The van der Waals surface area contributed by atoms with Crippen molar-refractivity contribution in [3.8, 4) is 17.2 Å². The second-order valence-electron chi connectivity index (χ2n) is 7.60. The topological polar surface area (TPSA) is 90.7 Å². The fourth-order valence-electron chi connectivity index (χ4n) is 3.79. The Morgan fingerprint density at radius 1 is 1.03 bits per heavy atom. The van der Waals surface area contributed by atoms with Crippen molar-refractivity contribution < 1.29 is 19.3 Å². The quantitative estimate of drug-likeness (QED) is 0.558. The minimum atomic E-state index is -0.244. The third kappa shape index (κ3) is 4.13. The first-order chi connectivity index (χ1) is 15.6. The van der Waals surface area contributed by atoms with Gasteiger partial charge in [-0.3, -0.25) is 0 Å². The SMILES string of the molecule is COc1cc(C2C=C(c3ccc(C)cc3)Nc3nc(CCCO)nn32)cc(OC)c1OC. The van der Waals surface area contributed by atoms with Crippen molar-refractivity contribution in [3.63, 3.8) is 0 Å². The summed E-state index contributed by atoms with van der Waals surface area (Å²) in [6.45, 7) is 2.16. The summed E-state index contributed by atoms with van der Waals surface area (Å²) in [5.74, 6) is 3.02. The summed E-state index contributed by atoms with van der Waals surface area (Å²) in [7, 11) is 4.79. The lowest BCUT2D eigenvalue weighted by Gasteiger charge is -2.25. The minimum absolute atomic E-state index is 0.0977. The highest BCUT2D eigenvalue weighted by molar-refractivity contribution is 5.77. The molecule has 168 valence electrons. The molecular weight excluding hydrogens is 408 g/mol. The van der Waals surface area contributed by atoms with E-state index in [2.05, 4.69) is 47.6 Å². The fraction of sp³-hybridized carbons (Fsp3) is 0.333. The normalized spacial score (nSPS) is 14.9. The number of fused-ring (bicyclic) bond motifs is 1. The molecule has 2 aromatic carbocycles. The molecule has 0 aliphatic carbocycles. The van der Waals surface area contributed by atoms with Gasteiger partial charge in [0.1, 0.15) is 6.04 Å². The second-order valence-corrected chi connectivity index (χ2v) is 7.60. The molecule has 2 heterocycles. The highest BCUT2D eigenvalue weighted by atomic mass is 16.5. The Morgan fingerprint density at radius 2 is 1.72 bits per heavy atom. The molecule has 1 atom stereocenters. The van der Waals surface area contributed by atoms with Crippen molar-refractivity contribution in [2.45, 2.75) is 25.8 Å². The third-order valence-electron chi connectivity index (χ3n) is 5.46. The van der Waals surface area contributed by atoms with Gasteiger partial charge in [0.15, 0.2) is 17.3 Å². The first kappa shape index (κ1) is 21.7. The molecule has 8 heteroatoms. The van der Waals surface area contributed by atoms with E-state index in [1.807, 2.05) is 16.8 Å². The number of hydrogen-bond donors (Lipinski definition) is 2. The van der Waals surface area contributed by atoms with Gasteiger partial charge in [-0.15, -0.1) is 0 Å². The summed E-state index contributed by atoms with van der Waals surface area (Å²) in [6.07, 6.45) is 3.32. The number of nitrogens with one attached hydrogen (secondary N) is 1. The van der Waals surface area contributed by atoms with Crippen LogP contribution in [0.2, 0.25) is 0 Å². The molecule has 0 saturated heterocycles. The molecule has 1 aliphatic heterocycles. The molecule has 2 N–H and O–H groups in total. The summed E-state index contributed by atoms with van der Waals surface area (Å²) in [6, 6.07) is 11.9. The summed E-state index contributed by atoms with van der Waals surface area (Å²) in [5, 5.41) is 17.3. The number of allylic oxidation sites excluding steroid dienone is 1. The maximum absolute atomic E-state index is 9.21. The van der Waals surface area contributed by atoms with E-state index in [1.165, 1.54) is 5.56 Å². The lowest BCUT2D eigenvalue weighted by molar-refractivity contribution is 0.287. The van der Waals surface area contributed by atoms with Gasteiger partial charge in [0, 0.05) is 18.7 Å². The number of rotatable bonds is 8. The number of benzene rings is 2. The molecule has 1 aliphatic rings. The minimum Gasteiger partial charge on any atom is -0.493 e. The number of ether oxygens (including phenoxy) is 3. The molecule has 0 radical (unpaired) electrons. The molecule has 3 aromatic rings. The van der Waals surface area contributed by atoms with Crippen LogP contribution in [0.3, 0.4) is 0 Å². The fourth-order valence-corrected chi connectivity index (χ4v) is 3.79. The highest BCUT2D eigenvalue weighted by Gasteiger charge is 2.27. The molecule has 0 bridgehead atoms. The smallest absolute Gasteiger partial charge is 0.226 e. The van der Waals surface area contributed by atoms with E-state index < -0.39 is 0 Å². The number of aliphatic hydroxyl groups is 1. The van der Waals surface area contributed by atoms with Crippen LogP contribution < -0.4 is 19.5 Å². The molecule has 32 heavy (non-hydrogen) atoms. The van der Waals surface area contributed by atoms with Crippen LogP contribution in [0.1, 0.15) is 35.0 Å². The zero-order valence-corrected chi connectivity index (χ0v) is 18.8. The van der Waals surface area contributed by atoms with Crippen LogP contribution in [-0.2, 0) is 6.42 Å². The highest BCUT2D eigenvalue weighted by Crippen LogP contribution is 2.42. The number of methoxy groups -OCH3 is 3. The van der Waals surface area contributed by atoms with Crippen LogP contribution >= 0.6 is 0 Å². The second kappa shape index (κ2) is 9.32. The number of hydrogen-bond acceptors (Lipinski definition) is 7. The lowest BCUT2D eigenvalue weighted by atomic mass is 10.0. The molecule has 1 unspecified atom stereocenters. The maximum Gasteiger partial charge on any atom is 0.226 e. The predicted molar refractivity (Wildman–Crippen MR) is 122 cm³/mol. The first-order valence-electron chi connectivity index (χ1n) is 10.5. The lowest BCUT2D eigenvalue weighted by Crippen LogP contribution is -2.20. The molecule has 0 fully saturated rings. The van der Waals surface area contributed by atoms with Gasteiger partial charge in [-0.2, -0.15) is 10.1 Å². The Morgan fingerprint density at radius 3 is 2.31 bits per heavy atom. The van der Waals surface area contributed by atoms with E-state index >= 15 is 0 Å². The molecule has 0 spiro atoms. The van der Waals surface area contributed by atoms with Gasteiger partial charge in [-0.1, -0.05) is 29.8 Å². The van der Waals surface area contributed by atoms with E-state index in [1.54, 1.807) is 21.3 Å². The molecule has 8 nitrogen and oxygen atoms in total.